The van der Waals surface area contributed by atoms with Crippen LogP contribution in [0, 0.1) is 5.92 Å². The van der Waals surface area contributed by atoms with Crippen LogP contribution < -0.4 is 0 Å². The third-order valence-corrected chi connectivity index (χ3v) is 4.20. The van der Waals surface area contributed by atoms with Gasteiger partial charge in [0, 0.05) is 12.1 Å². The average molecular weight is 279 g/mol. The van der Waals surface area contributed by atoms with Crippen molar-refractivity contribution >= 4 is 0 Å². The predicted molar refractivity (Wildman–Crippen MR) is 88.0 cm³/mol. The summed E-state index contributed by atoms with van der Waals surface area (Å²) in [6.07, 6.45) is 5.68. The van der Waals surface area contributed by atoms with Crippen LogP contribution >= 0.6 is 0 Å². The van der Waals surface area contributed by atoms with Crippen molar-refractivity contribution in [3.05, 3.63) is 23.3 Å². The van der Waals surface area contributed by atoms with Crippen molar-refractivity contribution in [1.82, 2.24) is 4.90 Å². The molecular formula is C18H33NO. The van der Waals surface area contributed by atoms with Crippen molar-refractivity contribution in [2.24, 2.45) is 5.92 Å². The Morgan fingerprint density at radius 3 is 2.50 bits per heavy atom. The van der Waals surface area contributed by atoms with E-state index in [2.05, 4.69) is 65.5 Å². The molecule has 0 aliphatic carbocycles. The fourth-order valence-corrected chi connectivity index (χ4v) is 2.75. The maximum atomic E-state index is 5.79. The number of hydrogen-bond acceptors (Lipinski definition) is 2. The monoisotopic (exact) mass is 279 g/mol. The zero-order valence-electron chi connectivity index (χ0n) is 14.5. The Morgan fingerprint density at radius 2 is 2.00 bits per heavy atom. The second-order valence-corrected chi connectivity index (χ2v) is 7.06. The van der Waals surface area contributed by atoms with Gasteiger partial charge >= 0.3 is 0 Å². The second kappa shape index (κ2) is 7.42. The van der Waals surface area contributed by atoms with Gasteiger partial charge in [0.15, 0.2) is 0 Å². The maximum absolute atomic E-state index is 5.79. The molecule has 1 saturated heterocycles. The summed E-state index contributed by atoms with van der Waals surface area (Å²) in [6, 6.07) is 0.383. The van der Waals surface area contributed by atoms with E-state index in [1.54, 1.807) is 0 Å². The summed E-state index contributed by atoms with van der Waals surface area (Å²) in [7, 11) is 0. The Balaban J connectivity index is 3.16. The van der Waals surface area contributed by atoms with Gasteiger partial charge in [-0.1, -0.05) is 38.5 Å². The molecular weight excluding hydrogens is 246 g/mol. The molecule has 0 amide bonds. The Morgan fingerprint density at radius 1 is 1.35 bits per heavy atom. The molecule has 0 N–H and O–H groups in total. The minimum atomic E-state index is 0.178. The summed E-state index contributed by atoms with van der Waals surface area (Å²) in [5.41, 5.74) is 3.12. The van der Waals surface area contributed by atoms with E-state index in [4.69, 9.17) is 4.74 Å². The average Bonchev–Trinajstić information content (AvgIpc) is 2.38. The van der Waals surface area contributed by atoms with E-state index in [0.29, 0.717) is 12.0 Å². The Kier molecular flexibility index (Phi) is 6.47. The van der Waals surface area contributed by atoms with Gasteiger partial charge in [0.1, 0.15) is 0 Å². The summed E-state index contributed by atoms with van der Waals surface area (Å²) in [4.78, 5) is 2.59. The quantitative estimate of drug-likeness (QED) is 0.706. The van der Waals surface area contributed by atoms with Gasteiger partial charge in [-0.2, -0.15) is 0 Å². The molecule has 0 bridgehead atoms. The molecule has 0 aromatic heterocycles. The molecule has 1 heterocycles. The lowest BCUT2D eigenvalue weighted by Crippen LogP contribution is -2.55. The topological polar surface area (TPSA) is 12.5 Å². The molecule has 1 fully saturated rings. The molecule has 0 aromatic rings. The van der Waals surface area contributed by atoms with Gasteiger partial charge in [0.25, 0.3) is 0 Å². The van der Waals surface area contributed by atoms with Crippen LogP contribution in [0.3, 0.4) is 0 Å². The molecule has 1 atom stereocenters. The zero-order valence-corrected chi connectivity index (χ0v) is 14.5. The highest BCUT2D eigenvalue weighted by Gasteiger charge is 2.33. The van der Waals surface area contributed by atoms with Crippen LogP contribution in [0.2, 0.25) is 0 Å². The van der Waals surface area contributed by atoms with Crippen molar-refractivity contribution < 1.29 is 4.74 Å². The molecule has 0 spiro atoms. The van der Waals surface area contributed by atoms with Crippen LogP contribution in [0.25, 0.3) is 0 Å². The normalized spacial score (nSPS) is 23.5. The minimum absolute atomic E-state index is 0.178. The lowest BCUT2D eigenvalue weighted by Gasteiger charge is -2.45. The molecule has 1 aliphatic heterocycles. The third-order valence-electron chi connectivity index (χ3n) is 4.20. The van der Waals surface area contributed by atoms with Crippen molar-refractivity contribution in [1.29, 1.82) is 0 Å². The highest BCUT2D eigenvalue weighted by atomic mass is 16.5. The number of morpholine rings is 1. The van der Waals surface area contributed by atoms with Crippen molar-refractivity contribution in [3.8, 4) is 0 Å². The van der Waals surface area contributed by atoms with Crippen molar-refractivity contribution in [3.63, 3.8) is 0 Å². The van der Waals surface area contributed by atoms with E-state index in [0.717, 1.165) is 26.2 Å². The second-order valence-electron chi connectivity index (χ2n) is 7.06. The fraction of sp³-hybridized carbons (Fsp3) is 0.778. The molecule has 1 rings (SSSR count). The van der Waals surface area contributed by atoms with Gasteiger partial charge in [-0.05, 0) is 45.6 Å². The summed E-state index contributed by atoms with van der Waals surface area (Å²) in [5, 5.41) is 0. The van der Waals surface area contributed by atoms with Gasteiger partial charge in [-0.3, -0.25) is 4.90 Å². The third kappa shape index (κ3) is 4.46. The molecule has 0 aromatic carbocycles. The smallest absolute Gasteiger partial charge is 0.0664 e. The van der Waals surface area contributed by atoms with E-state index in [9.17, 15) is 0 Å². The largest absolute Gasteiger partial charge is 0.378 e. The Bertz CT molecular complexity index is 360. The van der Waals surface area contributed by atoms with Crippen LogP contribution in [0.4, 0.5) is 0 Å². The van der Waals surface area contributed by atoms with Crippen LogP contribution in [0.5, 0.6) is 0 Å². The minimum Gasteiger partial charge on any atom is -0.378 e. The maximum Gasteiger partial charge on any atom is 0.0664 e. The predicted octanol–water partition coefficient (Wildman–Crippen LogP) is 4.42. The zero-order chi connectivity index (χ0) is 15.3. The molecule has 2 heteroatoms. The van der Waals surface area contributed by atoms with Crippen LogP contribution in [0.1, 0.15) is 54.9 Å². The molecule has 0 saturated carbocycles. The first-order valence-electron chi connectivity index (χ1n) is 8.00. The van der Waals surface area contributed by atoms with Gasteiger partial charge < -0.3 is 4.74 Å². The van der Waals surface area contributed by atoms with Crippen molar-refractivity contribution in [2.45, 2.75) is 66.5 Å². The van der Waals surface area contributed by atoms with Gasteiger partial charge in [0.05, 0.1) is 19.3 Å². The summed E-state index contributed by atoms with van der Waals surface area (Å²) in [5.74, 6) is 0.579. The van der Waals surface area contributed by atoms with Crippen LogP contribution in [-0.2, 0) is 4.74 Å². The van der Waals surface area contributed by atoms with Crippen LogP contribution in [-0.4, -0.2) is 36.2 Å². The van der Waals surface area contributed by atoms with Gasteiger partial charge in [-0.15, -0.1) is 0 Å². The van der Waals surface area contributed by atoms with E-state index in [-0.39, 0.29) is 5.54 Å². The lowest BCUT2D eigenvalue weighted by molar-refractivity contribution is -0.0351. The number of nitrogens with zero attached hydrogens (tertiary/aromatic N) is 1. The lowest BCUT2D eigenvalue weighted by atomic mass is 9.90. The highest BCUT2D eigenvalue weighted by Crippen LogP contribution is 2.29. The molecule has 1 unspecified atom stereocenters. The van der Waals surface area contributed by atoms with Crippen molar-refractivity contribution in [2.75, 3.05) is 19.8 Å². The first-order chi connectivity index (χ1) is 9.29. The van der Waals surface area contributed by atoms with Gasteiger partial charge in [0.2, 0.25) is 0 Å². The van der Waals surface area contributed by atoms with Crippen LogP contribution in [0.15, 0.2) is 23.3 Å². The summed E-state index contributed by atoms with van der Waals surface area (Å²) >= 11 is 0. The van der Waals surface area contributed by atoms with E-state index in [1.807, 2.05) is 0 Å². The van der Waals surface area contributed by atoms with Gasteiger partial charge in [-0.25, -0.2) is 0 Å². The molecule has 1 aliphatic rings. The summed E-state index contributed by atoms with van der Waals surface area (Å²) in [6.45, 7) is 18.6. The molecule has 2 nitrogen and oxygen atoms in total. The number of ether oxygens (including phenoxy) is 1. The summed E-state index contributed by atoms with van der Waals surface area (Å²) < 4.78 is 5.79. The first kappa shape index (κ1) is 17.5. The highest BCUT2D eigenvalue weighted by molar-refractivity contribution is 5.32. The Labute approximate surface area is 125 Å². The number of allylic oxidation sites excluding steroid dienone is 2. The van der Waals surface area contributed by atoms with E-state index < -0.39 is 0 Å². The molecule has 116 valence electrons. The van der Waals surface area contributed by atoms with E-state index in [1.165, 1.54) is 11.1 Å². The Hall–Kier alpha value is -0.600. The SMILES string of the molecule is CC/C=C\C(=C(/C)C(C)C)C1COCCN1C(C)(C)C. The molecule has 0 radical (unpaired) electrons. The fourth-order valence-electron chi connectivity index (χ4n) is 2.75. The van der Waals surface area contributed by atoms with E-state index >= 15 is 0 Å². The number of rotatable bonds is 4. The first-order valence-corrected chi connectivity index (χ1v) is 8.00. The molecule has 20 heavy (non-hydrogen) atoms. The number of hydrogen-bond donors (Lipinski definition) is 0. The standard InChI is InChI=1S/C18H33NO/c1-8-9-10-16(15(4)14(2)3)17-13-20-12-11-19(17)18(5,6)7/h9-10,14,17H,8,11-13H2,1-7H3/b10-9-,16-15-.